The van der Waals surface area contributed by atoms with Crippen LogP contribution in [-0.2, 0) is 4.74 Å². The summed E-state index contributed by atoms with van der Waals surface area (Å²) in [6.45, 7) is 7.21. The molecule has 4 heterocycles. The molecule has 2 fully saturated rings. The van der Waals surface area contributed by atoms with Gasteiger partial charge in [-0.15, -0.1) is 0 Å². The number of nitrogens with zero attached hydrogens (tertiary/aromatic N) is 6. The molecule has 0 spiro atoms. The van der Waals surface area contributed by atoms with E-state index < -0.39 is 12.1 Å². The summed E-state index contributed by atoms with van der Waals surface area (Å²) in [5.41, 5.74) is 4.89. The first-order chi connectivity index (χ1) is 15.7. The molecule has 10 heteroatoms. The third-order valence-corrected chi connectivity index (χ3v) is 6.59. The molecule has 1 saturated heterocycles. The zero-order valence-corrected chi connectivity index (χ0v) is 18.7. The van der Waals surface area contributed by atoms with Crippen LogP contribution in [0.5, 0.6) is 0 Å². The number of halogens is 3. The van der Waals surface area contributed by atoms with Crippen molar-refractivity contribution >= 4 is 17.1 Å². The molecule has 0 aromatic carbocycles. The van der Waals surface area contributed by atoms with Crippen molar-refractivity contribution < 1.29 is 17.9 Å². The first-order valence-electron chi connectivity index (χ1n) is 11.1. The Morgan fingerprint density at radius 2 is 1.79 bits per heavy atom. The topological polar surface area (TPSA) is 76.9 Å². The van der Waals surface area contributed by atoms with Crippen LogP contribution in [0.4, 0.5) is 19.1 Å². The Hall–Kier alpha value is -2.88. The molecular weight excluding hydrogens is 433 g/mol. The summed E-state index contributed by atoms with van der Waals surface area (Å²) in [4.78, 5) is 24.9. The van der Waals surface area contributed by atoms with Crippen LogP contribution in [0.25, 0.3) is 11.2 Å². The number of hydrogen-bond donors (Lipinski definition) is 0. The molecular formula is C23H25F3N6O. The first kappa shape index (κ1) is 21.9. The number of pyridine rings is 1. The van der Waals surface area contributed by atoms with Crippen molar-refractivity contribution in [3.05, 3.63) is 46.7 Å². The zero-order chi connectivity index (χ0) is 23.3. The molecule has 0 radical (unpaired) electrons. The second kappa shape index (κ2) is 8.16. The average molecular weight is 458 g/mol. The van der Waals surface area contributed by atoms with Gasteiger partial charge in [0, 0.05) is 24.4 Å². The Bertz CT molecular complexity index is 1190. The molecule has 3 aromatic heterocycles. The van der Waals surface area contributed by atoms with E-state index in [0.29, 0.717) is 42.5 Å². The molecule has 0 amide bonds. The third-order valence-electron chi connectivity index (χ3n) is 6.59. The van der Waals surface area contributed by atoms with Crippen LogP contribution in [-0.4, -0.2) is 50.8 Å². The van der Waals surface area contributed by atoms with E-state index in [1.807, 2.05) is 37.8 Å². The maximum absolute atomic E-state index is 13.1. The fraction of sp³-hybridized carbons (Fsp3) is 0.522. The molecule has 0 bridgehead atoms. The number of fused-ring (bicyclic) bond motifs is 1. The van der Waals surface area contributed by atoms with Crippen LogP contribution < -0.4 is 4.90 Å². The fourth-order valence-electron chi connectivity index (χ4n) is 4.46. The standard InChI is InChI=1S/C23H25F3N6O/c1-12-8-15(4-5-27-12)18-11-32(6-7-33-18)22-30-19(16-9-17(10-16)23(24,25)26)20-21(31-22)29-14(3)13(2)28-20/h4-5,8,16-18H,6-7,9-11H2,1-3H3/t16-,17-,18-/m1/s1. The lowest BCUT2D eigenvalue weighted by atomic mass is 9.72. The molecule has 1 aliphatic carbocycles. The number of anilines is 1. The summed E-state index contributed by atoms with van der Waals surface area (Å²) >= 11 is 0. The van der Waals surface area contributed by atoms with Crippen LogP contribution in [0.1, 0.15) is 53.2 Å². The van der Waals surface area contributed by atoms with Crippen molar-refractivity contribution in [1.29, 1.82) is 0 Å². The van der Waals surface area contributed by atoms with Gasteiger partial charge in [0.1, 0.15) is 11.6 Å². The lowest BCUT2D eigenvalue weighted by molar-refractivity contribution is -0.197. The molecule has 0 N–H and O–H groups in total. The normalized spacial score (nSPS) is 23.6. The van der Waals surface area contributed by atoms with Gasteiger partial charge in [-0.2, -0.15) is 18.2 Å². The number of morpholine rings is 1. The van der Waals surface area contributed by atoms with Gasteiger partial charge in [-0.05, 0) is 51.3 Å². The van der Waals surface area contributed by atoms with E-state index in [1.54, 1.807) is 6.20 Å². The predicted octanol–water partition coefficient (Wildman–Crippen LogP) is 4.37. The van der Waals surface area contributed by atoms with E-state index in [0.717, 1.165) is 22.6 Å². The average Bonchev–Trinajstić information content (AvgIpc) is 2.73. The van der Waals surface area contributed by atoms with E-state index in [4.69, 9.17) is 9.72 Å². The van der Waals surface area contributed by atoms with Gasteiger partial charge in [0.2, 0.25) is 5.95 Å². The van der Waals surface area contributed by atoms with E-state index in [2.05, 4.69) is 19.9 Å². The minimum absolute atomic E-state index is 0.0195. The number of hydrogen-bond acceptors (Lipinski definition) is 7. The highest BCUT2D eigenvalue weighted by Crippen LogP contribution is 2.50. The molecule has 33 heavy (non-hydrogen) atoms. The SMILES string of the molecule is Cc1cc([C@H]2CN(c3nc4nc(C)c(C)nc4c([C@H]4C[C@H](C(F)(F)F)C4)n3)CCO2)ccn1. The number of alkyl halides is 3. The smallest absolute Gasteiger partial charge is 0.370 e. The molecule has 0 unspecified atom stereocenters. The fourth-order valence-corrected chi connectivity index (χ4v) is 4.46. The molecule has 174 valence electrons. The molecule has 3 aromatic rings. The Morgan fingerprint density at radius 1 is 1.03 bits per heavy atom. The largest absolute Gasteiger partial charge is 0.391 e. The van der Waals surface area contributed by atoms with Crippen LogP contribution in [0.3, 0.4) is 0 Å². The lowest BCUT2D eigenvalue weighted by Gasteiger charge is -2.37. The number of rotatable bonds is 3. The van der Waals surface area contributed by atoms with Crippen molar-refractivity contribution in [3.8, 4) is 0 Å². The van der Waals surface area contributed by atoms with E-state index in [1.165, 1.54) is 0 Å². The number of aryl methyl sites for hydroxylation is 3. The monoisotopic (exact) mass is 458 g/mol. The van der Waals surface area contributed by atoms with Gasteiger partial charge in [0.15, 0.2) is 5.65 Å². The summed E-state index contributed by atoms with van der Waals surface area (Å²) in [6.07, 6.45) is -2.56. The highest BCUT2D eigenvalue weighted by molar-refractivity contribution is 5.75. The molecule has 1 aliphatic heterocycles. The number of ether oxygens (including phenoxy) is 1. The Labute approximate surface area is 189 Å². The van der Waals surface area contributed by atoms with E-state index in [-0.39, 0.29) is 24.9 Å². The van der Waals surface area contributed by atoms with Gasteiger partial charge in [0.25, 0.3) is 0 Å². The predicted molar refractivity (Wildman–Crippen MR) is 116 cm³/mol. The maximum Gasteiger partial charge on any atom is 0.391 e. The van der Waals surface area contributed by atoms with Gasteiger partial charge in [0.05, 0.1) is 36.2 Å². The highest BCUT2D eigenvalue weighted by atomic mass is 19.4. The Kier molecular flexibility index (Phi) is 5.43. The van der Waals surface area contributed by atoms with Gasteiger partial charge in [-0.3, -0.25) is 4.98 Å². The Morgan fingerprint density at radius 3 is 2.52 bits per heavy atom. The van der Waals surface area contributed by atoms with Gasteiger partial charge >= 0.3 is 6.18 Å². The van der Waals surface area contributed by atoms with Crippen molar-refractivity contribution in [2.24, 2.45) is 5.92 Å². The second-order valence-corrected chi connectivity index (χ2v) is 8.92. The second-order valence-electron chi connectivity index (χ2n) is 8.92. The van der Waals surface area contributed by atoms with Crippen LogP contribution in [0.15, 0.2) is 18.3 Å². The van der Waals surface area contributed by atoms with Gasteiger partial charge in [-0.1, -0.05) is 0 Å². The third kappa shape index (κ3) is 4.23. The first-order valence-corrected chi connectivity index (χ1v) is 11.1. The van der Waals surface area contributed by atoms with Crippen LogP contribution >= 0.6 is 0 Å². The quantitative estimate of drug-likeness (QED) is 0.577. The van der Waals surface area contributed by atoms with Crippen molar-refractivity contribution in [3.63, 3.8) is 0 Å². The van der Waals surface area contributed by atoms with Gasteiger partial charge < -0.3 is 9.64 Å². The van der Waals surface area contributed by atoms with E-state index in [9.17, 15) is 13.2 Å². The zero-order valence-electron chi connectivity index (χ0n) is 18.7. The highest BCUT2D eigenvalue weighted by Gasteiger charge is 2.49. The van der Waals surface area contributed by atoms with Crippen LogP contribution in [0, 0.1) is 26.7 Å². The summed E-state index contributed by atoms with van der Waals surface area (Å²) in [6, 6.07) is 3.92. The van der Waals surface area contributed by atoms with Crippen LogP contribution in [0.2, 0.25) is 0 Å². The minimum atomic E-state index is -4.18. The van der Waals surface area contributed by atoms with Gasteiger partial charge in [-0.25, -0.2) is 15.0 Å². The lowest BCUT2D eigenvalue weighted by Crippen LogP contribution is -2.40. The maximum atomic E-state index is 13.1. The van der Waals surface area contributed by atoms with Crippen molar-refractivity contribution in [2.75, 3.05) is 24.6 Å². The Balaban J connectivity index is 1.50. The molecule has 5 rings (SSSR count). The molecule has 1 saturated carbocycles. The minimum Gasteiger partial charge on any atom is -0.370 e. The summed E-state index contributed by atoms with van der Waals surface area (Å²) in [5, 5.41) is 0. The van der Waals surface area contributed by atoms with E-state index >= 15 is 0 Å². The molecule has 7 nitrogen and oxygen atoms in total. The summed E-state index contributed by atoms with van der Waals surface area (Å²) < 4.78 is 45.4. The number of aromatic nitrogens is 5. The summed E-state index contributed by atoms with van der Waals surface area (Å²) in [5.74, 6) is -1.14. The van der Waals surface area contributed by atoms with Crippen molar-refractivity contribution in [2.45, 2.75) is 51.8 Å². The molecule has 2 aliphatic rings. The van der Waals surface area contributed by atoms with Crippen molar-refractivity contribution in [1.82, 2.24) is 24.9 Å². The summed E-state index contributed by atoms with van der Waals surface area (Å²) in [7, 11) is 0. The molecule has 1 atom stereocenters.